The van der Waals surface area contributed by atoms with E-state index in [0.717, 1.165) is 51.9 Å². The lowest BCUT2D eigenvalue weighted by atomic mass is 9.93. The van der Waals surface area contributed by atoms with Crippen LogP contribution in [0.5, 0.6) is 0 Å². The van der Waals surface area contributed by atoms with Gasteiger partial charge in [0.15, 0.2) is 0 Å². The van der Waals surface area contributed by atoms with Crippen LogP contribution in [0.25, 0.3) is 0 Å². The van der Waals surface area contributed by atoms with Gasteiger partial charge in [-0.1, -0.05) is 0 Å². The molecule has 3 fully saturated rings. The highest BCUT2D eigenvalue weighted by atomic mass is 16.5. The van der Waals surface area contributed by atoms with E-state index in [1.54, 1.807) is 0 Å². The van der Waals surface area contributed by atoms with Crippen molar-refractivity contribution in [3.05, 3.63) is 0 Å². The molecule has 3 aliphatic rings. The van der Waals surface area contributed by atoms with Crippen molar-refractivity contribution in [2.45, 2.75) is 38.1 Å². The molecule has 5 nitrogen and oxygen atoms in total. The number of piperidine rings is 1. The van der Waals surface area contributed by atoms with Gasteiger partial charge in [-0.05, 0) is 44.7 Å². The Morgan fingerprint density at radius 2 is 1.76 bits per heavy atom. The molecular formula is C16H29N3O2. The average Bonchev–Trinajstić information content (AvgIpc) is 3.34. The van der Waals surface area contributed by atoms with Crippen LogP contribution in [0.3, 0.4) is 0 Å². The molecule has 2 heterocycles. The van der Waals surface area contributed by atoms with Crippen molar-refractivity contribution in [2.75, 3.05) is 52.5 Å². The second-order valence-electron chi connectivity index (χ2n) is 6.72. The van der Waals surface area contributed by atoms with Crippen LogP contribution in [0.2, 0.25) is 0 Å². The van der Waals surface area contributed by atoms with Gasteiger partial charge in [-0.15, -0.1) is 0 Å². The van der Waals surface area contributed by atoms with Crippen molar-refractivity contribution in [1.82, 2.24) is 15.1 Å². The summed E-state index contributed by atoms with van der Waals surface area (Å²) in [6.07, 6.45) is 5.92. The first-order chi connectivity index (χ1) is 10.3. The molecule has 0 unspecified atom stereocenters. The molecule has 21 heavy (non-hydrogen) atoms. The van der Waals surface area contributed by atoms with E-state index < -0.39 is 0 Å². The molecule has 0 bridgehead atoms. The number of likely N-dealkylation sites (tertiary alicyclic amines) is 1. The summed E-state index contributed by atoms with van der Waals surface area (Å²) in [5.41, 5.74) is 0. The smallest absolute Gasteiger partial charge is 0.220 e. The molecule has 1 N–H and O–H groups in total. The zero-order chi connectivity index (χ0) is 14.5. The third-order valence-corrected chi connectivity index (χ3v) is 5.04. The van der Waals surface area contributed by atoms with Crippen LogP contribution in [0, 0.1) is 5.92 Å². The first-order valence-electron chi connectivity index (χ1n) is 8.62. The fourth-order valence-corrected chi connectivity index (χ4v) is 3.47. The summed E-state index contributed by atoms with van der Waals surface area (Å²) in [4.78, 5) is 17.0. The lowest BCUT2D eigenvalue weighted by Gasteiger charge is -2.31. The first-order valence-corrected chi connectivity index (χ1v) is 8.62. The maximum Gasteiger partial charge on any atom is 0.220 e. The molecule has 0 radical (unpaired) electrons. The molecule has 1 saturated carbocycles. The highest BCUT2D eigenvalue weighted by Crippen LogP contribution is 2.31. The summed E-state index contributed by atoms with van der Waals surface area (Å²) >= 11 is 0. The van der Waals surface area contributed by atoms with Crippen LogP contribution in [-0.4, -0.2) is 74.2 Å². The van der Waals surface area contributed by atoms with Crippen molar-refractivity contribution in [2.24, 2.45) is 5.92 Å². The van der Waals surface area contributed by atoms with Crippen LogP contribution in [-0.2, 0) is 9.53 Å². The van der Waals surface area contributed by atoms with Gasteiger partial charge >= 0.3 is 0 Å². The zero-order valence-electron chi connectivity index (χ0n) is 13.1. The number of nitrogens with one attached hydrogen (secondary N) is 1. The van der Waals surface area contributed by atoms with Crippen LogP contribution < -0.4 is 5.32 Å². The number of nitrogens with zero attached hydrogens (tertiary/aromatic N) is 2. The van der Waals surface area contributed by atoms with Gasteiger partial charge in [0.25, 0.3) is 0 Å². The van der Waals surface area contributed by atoms with Crippen molar-refractivity contribution < 1.29 is 9.53 Å². The quantitative estimate of drug-likeness (QED) is 0.783. The molecule has 0 aromatic carbocycles. The molecule has 0 aromatic rings. The number of carbonyl (C=O) groups is 1. The summed E-state index contributed by atoms with van der Waals surface area (Å²) < 4.78 is 5.32. The molecule has 1 aliphatic carbocycles. The highest BCUT2D eigenvalue weighted by Gasteiger charge is 2.32. The van der Waals surface area contributed by atoms with E-state index in [4.69, 9.17) is 4.74 Å². The number of hydrogen-bond acceptors (Lipinski definition) is 4. The molecule has 0 atom stereocenters. The topological polar surface area (TPSA) is 44.8 Å². The Kier molecular flexibility index (Phi) is 5.49. The summed E-state index contributed by atoms with van der Waals surface area (Å²) in [6.45, 7) is 7.79. The Labute approximate surface area is 128 Å². The molecule has 3 rings (SSSR count). The number of amides is 1. The van der Waals surface area contributed by atoms with E-state index in [1.807, 2.05) is 0 Å². The van der Waals surface area contributed by atoms with Gasteiger partial charge in [-0.2, -0.15) is 0 Å². The fourth-order valence-electron chi connectivity index (χ4n) is 3.47. The normalized spacial score (nSPS) is 25.9. The SMILES string of the molecule is O=C(CC1CCN(C2CC2)CC1)NCCN1CCOCC1. The van der Waals surface area contributed by atoms with Crippen LogP contribution in [0.1, 0.15) is 32.1 Å². The Morgan fingerprint density at radius 1 is 1.05 bits per heavy atom. The van der Waals surface area contributed by atoms with Crippen molar-refractivity contribution >= 4 is 5.91 Å². The molecule has 2 saturated heterocycles. The summed E-state index contributed by atoms with van der Waals surface area (Å²) in [5.74, 6) is 0.844. The van der Waals surface area contributed by atoms with Crippen molar-refractivity contribution in [3.8, 4) is 0 Å². The number of rotatable bonds is 6. The van der Waals surface area contributed by atoms with Crippen LogP contribution >= 0.6 is 0 Å². The third-order valence-electron chi connectivity index (χ3n) is 5.04. The maximum atomic E-state index is 12.0. The van der Waals surface area contributed by atoms with Gasteiger partial charge in [0, 0.05) is 38.6 Å². The third kappa shape index (κ3) is 4.94. The largest absolute Gasteiger partial charge is 0.379 e. The summed E-state index contributed by atoms with van der Waals surface area (Å²) in [5, 5.41) is 3.09. The van der Waals surface area contributed by atoms with E-state index in [-0.39, 0.29) is 5.91 Å². The Hall–Kier alpha value is -0.650. The number of morpholine rings is 1. The van der Waals surface area contributed by atoms with Gasteiger partial charge in [0.2, 0.25) is 5.91 Å². The summed E-state index contributed by atoms with van der Waals surface area (Å²) in [7, 11) is 0. The lowest BCUT2D eigenvalue weighted by Crippen LogP contribution is -2.42. The van der Waals surface area contributed by atoms with E-state index in [1.165, 1.54) is 38.8 Å². The Bertz CT molecular complexity index is 332. The average molecular weight is 295 g/mol. The molecule has 1 amide bonds. The van der Waals surface area contributed by atoms with E-state index in [9.17, 15) is 4.79 Å². The predicted molar refractivity (Wildman–Crippen MR) is 82.2 cm³/mol. The molecule has 0 aromatic heterocycles. The Morgan fingerprint density at radius 3 is 2.43 bits per heavy atom. The highest BCUT2D eigenvalue weighted by molar-refractivity contribution is 5.76. The molecule has 120 valence electrons. The number of ether oxygens (including phenoxy) is 1. The zero-order valence-corrected chi connectivity index (χ0v) is 13.1. The minimum Gasteiger partial charge on any atom is -0.379 e. The van der Waals surface area contributed by atoms with E-state index in [0.29, 0.717) is 5.92 Å². The number of hydrogen-bond donors (Lipinski definition) is 1. The Balaban J connectivity index is 1.25. The van der Waals surface area contributed by atoms with Gasteiger partial charge in [0.05, 0.1) is 13.2 Å². The van der Waals surface area contributed by atoms with Gasteiger partial charge in [-0.25, -0.2) is 0 Å². The fraction of sp³-hybridized carbons (Fsp3) is 0.938. The van der Waals surface area contributed by atoms with Gasteiger partial charge in [0.1, 0.15) is 0 Å². The van der Waals surface area contributed by atoms with Crippen molar-refractivity contribution in [3.63, 3.8) is 0 Å². The van der Waals surface area contributed by atoms with E-state index in [2.05, 4.69) is 15.1 Å². The van der Waals surface area contributed by atoms with Crippen LogP contribution in [0.15, 0.2) is 0 Å². The molecule has 0 spiro atoms. The second kappa shape index (κ2) is 7.56. The van der Waals surface area contributed by atoms with Crippen LogP contribution in [0.4, 0.5) is 0 Å². The molecular weight excluding hydrogens is 266 g/mol. The standard InChI is InChI=1S/C16H29N3O2/c20-16(17-5-8-18-9-11-21-12-10-18)13-14-3-6-19(7-4-14)15-1-2-15/h14-15H,1-13H2,(H,17,20). The first kappa shape index (κ1) is 15.3. The predicted octanol–water partition coefficient (Wildman–Crippen LogP) is 0.699. The number of carbonyl (C=O) groups excluding carboxylic acids is 1. The van der Waals surface area contributed by atoms with Gasteiger partial charge in [-0.3, -0.25) is 9.69 Å². The van der Waals surface area contributed by atoms with Crippen molar-refractivity contribution in [1.29, 1.82) is 0 Å². The second-order valence-corrected chi connectivity index (χ2v) is 6.72. The maximum absolute atomic E-state index is 12.0. The summed E-state index contributed by atoms with van der Waals surface area (Å²) in [6, 6.07) is 0.883. The minimum absolute atomic E-state index is 0.244. The van der Waals surface area contributed by atoms with E-state index >= 15 is 0 Å². The lowest BCUT2D eigenvalue weighted by molar-refractivity contribution is -0.122. The van der Waals surface area contributed by atoms with Gasteiger partial charge < -0.3 is 15.0 Å². The molecule has 5 heteroatoms. The minimum atomic E-state index is 0.244. The molecule has 2 aliphatic heterocycles. The monoisotopic (exact) mass is 295 g/mol.